The van der Waals surface area contributed by atoms with E-state index >= 15 is 0 Å². The maximum atomic E-state index is 6.26. The van der Waals surface area contributed by atoms with E-state index in [0.717, 1.165) is 20.9 Å². The molecule has 1 heterocycles. The van der Waals surface area contributed by atoms with Gasteiger partial charge >= 0.3 is 0 Å². The number of halogens is 2. The molecule has 3 rings (SSSR count). The maximum Gasteiger partial charge on any atom is 0.156 e. The Morgan fingerprint density at radius 3 is 2.61 bits per heavy atom. The van der Waals surface area contributed by atoms with Gasteiger partial charge in [0.15, 0.2) is 5.82 Å². The Morgan fingerprint density at radius 2 is 1.87 bits per heavy atom. The van der Waals surface area contributed by atoms with Crippen LogP contribution in [0.4, 0.5) is 0 Å². The molecule has 0 saturated heterocycles. The predicted molar refractivity (Wildman–Crippen MR) is 93.7 cm³/mol. The van der Waals surface area contributed by atoms with Crippen molar-refractivity contribution in [2.75, 3.05) is 7.11 Å². The van der Waals surface area contributed by atoms with E-state index in [9.17, 15) is 0 Å². The standard InChI is InChI=1S/C17H14BrClN2O2/c1-22-15-8-14-12(7-13(15)18)17(19)21-16(20-14)10-23-9-11-5-3-2-4-6-11/h2-8H,9-10H2,1H3. The second-order valence-corrected chi connectivity index (χ2v) is 6.13. The van der Waals surface area contributed by atoms with E-state index in [-0.39, 0.29) is 0 Å². The fourth-order valence-corrected chi connectivity index (χ4v) is 2.95. The molecule has 0 aliphatic carbocycles. The minimum atomic E-state index is 0.295. The highest BCUT2D eigenvalue weighted by molar-refractivity contribution is 9.10. The Labute approximate surface area is 147 Å². The zero-order chi connectivity index (χ0) is 16.2. The molecule has 0 N–H and O–H groups in total. The number of ether oxygens (including phenoxy) is 2. The molecule has 118 valence electrons. The van der Waals surface area contributed by atoms with Crippen molar-refractivity contribution in [3.8, 4) is 5.75 Å². The molecule has 23 heavy (non-hydrogen) atoms. The van der Waals surface area contributed by atoms with E-state index in [4.69, 9.17) is 21.1 Å². The van der Waals surface area contributed by atoms with Crippen molar-refractivity contribution in [1.29, 1.82) is 0 Å². The minimum Gasteiger partial charge on any atom is -0.495 e. The Kier molecular flexibility index (Phi) is 5.10. The molecule has 0 unspecified atom stereocenters. The van der Waals surface area contributed by atoms with Crippen molar-refractivity contribution in [2.45, 2.75) is 13.2 Å². The molecule has 3 aromatic rings. The van der Waals surface area contributed by atoms with Crippen LogP contribution in [-0.2, 0) is 18.0 Å². The molecule has 0 fully saturated rings. The summed E-state index contributed by atoms with van der Waals surface area (Å²) in [5.74, 6) is 1.24. The number of benzene rings is 2. The van der Waals surface area contributed by atoms with Crippen LogP contribution in [0.2, 0.25) is 5.15 Å². The zero-order valence-corrected chi connectivity index (χ0v) is 14.8. The second kappa shape index (κ2) is 7.25. The van der Waals surface area contributed by atoms with Gasteiger partial charge in [0, 0.05) is 11.5 Å². The molecule has 0 amide bonds. The summed E-state index contributed by atoms with van der Waals surface area (Å²) in [6.45, 7) is 0.798. The Bertz CT molecular complexity index is 828. The summed E-state index contributed by atoms with van der Waals surface area (Å²) in [5, 5.41) is 1.17. The van der Waals surface area contributed by atoms with Gasteiger partial charge in [-0.25, -0.2) is 9.97 Å². The summed E-state index contributed by atoms with van der Waals surface area (Å²) in [5.41, 5.74) is 1.83. The molecule has 6 heteroatoms. The third kappa shape index (κ3) is 3.80. The number of hydrogen-bond acceptors (Lipinski definition) is 4. The Hall–Kier alpha value is -1.69. The fourth-order valence-electron chi connectivity index (χ4n) is 2.19. The van der Waals surface area contributed by atoms with Crippen LogP contribution in [0.1, 0.15) is 11.4 Å². The van der Waals surface area contributed by atoms with Gasteiger partial charge in [0.25, 0.3) is 0 Å². The minimum absolute atomic E-state index is 0.295. The lowest BCUT2D eigenvalue weighted by molar-refractivity contribution is 0.102. The number of methoxy groups -OCH3 is 1. The zero-order valence-electron chi connectivity index (χ0n) is 12.4. The first-order valence-electron chi connectivity index (χ1n) is 6.98. The molecule has 0 aliphatic heterocycles. The molecule has 0 bridgehead atoms. The predicted octanol–water partition coefficient (Wildman–Crippen LogP) is 4.77. The lowest BCUT2D eigenvalue weighted by atomic mass is 10.2. The number of fused-ring (bicyclic) bond motifs is 1. The summed E-state index contributed by atoms with van der Waals surface area (Å²) in [7, 11) is 1.61. The maximum absolute atomic E-state index is 6.26. The van der Waals surface area contributed by atoms with Gasteiger partial charge < -0.3 is 9.47 Å². The molecule has 0 spiro atoms. The van der Waals surface area contributed by atoms with Crippen LogP contribution in [0.3, 0.4) is 0 Å². The topological polar surface area (TPSA) is 44.2 Å². The van der Waals surface area contributed by atoms with Crippen LogP contribution in [-0.4, -0.2) is 17.1 Å². The highest BCUT2D eigenvalue weighted by Gasteiger charge is 2.10. The van der Waals surface area contributed by atoms with Crippen LogP contribution in [0.15, 0.2) is 46.9 Å². The monoisotopic (exact) mass is 392 g/mol. The van der Waals surface area contributed by atoms with Gasteiger partial charge in [0.2, 0.25) is 0 Å². The first kappa shape index (κ1) is 16.2. The van der Waals surface area contributed by atoms with Crippen LogP contribution in [0.5, 0.6) is 5.75 Å². The van der Waals surface area contributed by atoms with E-state index in [0.29, 0.717) is 29.9 Å². The smallest absolute Gasteiger partial charge is 0.156 e. The van der Waals surface area contributed by atoms with Gasteiger partial charge in [-0.1, -0.05) is 41.9 Å². The van der Waals surface area contributed by atoms with E-state index in [1.165, 1.54) is 0 Å². The number of hydrogen-bond donors (Lipinski definition) is 0. The molecular formula is C17H14BrClN2O2. The second-order valence-electron chi connectivity index (χ2n) is 4.91. The summed E-state index contributed by atoms with van der Waals surface area (Å²) in [6.07, 6.45) is 0. The largest absolute Gasteiger partial charge is 0.495 e. The molecule has 2 aromatic carbocycles. The normalized spacial score (nSPS) is 10.9. The van der Waals surface area contributed by atoms with E-state index in [2.05, 4.69) is 25.9 Å². The summed E-state index contributed by atoms with van der Waals surface area (Å²) in [6, 6.07) is 13.6. The van der Waals surface area contributed by atoms with Gasteiger partial charge in [0.05, 0.1) is 23.7 Å². The molecule has 0 aliphatic rings. The third-order valence-corrected chi connectivity index (χ3v) is 4.22. The molecule has 1 aromatic heterocycles. The van der Waals surface area contributed by atoms with E-state index in [1.807, 2.05) is 42.5 Å². The Morgan fingerprint density at radius 1 is 1.09 bits per heavy atom. The fraction of sp³-hybridized carbons (Fsp3) is 0.176. The van der Waals surface area contributed by atoms with Crippen LogP contribution < -0.4 is 4.74 Å². The summed E-state index contributed by atoms with van der Waals surface area (Å²) >= 11 is 9.69. The highest BCUT2D eigenvalue weighted by atomic mass is 79.9. The van der Waals surface area contributed by atoms with E-state index < -0.39 is 0 Å². The number of aromatic nitrogens is 2. The van der Waals surface area contributed by atoms with Gasteiger partial charge in [-0.3, -0.25) is 0 Å². The van der Waals surface area contributed by atoms with Crippen molar-refractivity contribution >= 4 is 38.4 Å². The van der Waals surface area contributed by atoms with Crippen LogP contribution >= 0.6 is 27.5 Å². The summed E-state index contributed by atoms with van der Waals surface area (Å²) < 4.78 is 11.8. The van der Waals surface area contributed by atoms with Crippen molar-refractivity contribution in [3.63, 3.8) is 0 Å². The SMILES string of the molecule is COc1cc2nc(COCc3ccccc3)nc(Cl)c2cc1Br. The van der Waals surface area contributed by atoms with E-state index in [1.54, 1.807) is 7.11 Å². The van der Waals surface area contributed by atoms with Gasteiger partial charge in [0.1, 0.15) is 17.5 Å². The first-order chi connectivity index (χ1) is 11.2. The van der Waals surface area contributed by atoms with Gasteiger partial charge in [-0.15, -0.1) is 0 Å². The quantitative estimate of drug-likeness (QED) is 0.586. The van der Waals surface area contributed by atoms with Gasteiger partial charge in [-0.05, 0) is 27.6 Å². The van der Waals surface area contributed by atoms with Gasteiger partial charge in [-0.2, -0.15) is 0 Å². The lowest BCUT2D eigenvalue weighted by Crippen LogP contribution is -2.01. The molecular weight excluding hydrogens is 380 g/mol. The van der Waals surface area contributed by atoms with Crippen LogP contribution in [0.25, 0.3) is 10.9 Å². The highest BCUT2D eigenvalue weighted by Crippen LogP contribution is 2.32. The third-order valence-electron chi connectivity index (χ3n) is 3.31. The number of nitrogens with zero attached hydrogens (tertiary/aromatic N) is 2. The average Bonchev–Trinajstić information content (AvgIpc) is 2.56. The average molecular weight is 394 g/mol. The Balaban J connectivity index is 1.80. The van der Waals surface area contributed by atoms with Crippen molar-refractivity contribution in [1.82, 2.24) is 9.97 Å². The molecule has 0 saturated carbocycles. The van der Waals surface area contributed by atoms with Crippen molar-refractivity contribution in [3.05, 3.63) is 63.5 Å². The van der Waals surface area contributed by atoms with Crippen molar-refractivity contribution in [2.24, 2.45) is 0 Å². The van der Waals surface area contributed by atoms with Crippen LogP contribution in [0, 0.1) is 0 Å². The molecule has 4 nitrogen and oxygen atoms in total. The first-order valence-corrected chi connectivity index (χ1v) is 8.16. The van der Waals surface area contributed by atoms with Crippen molar-refractivity contribution < 1.29 is 9.47 Å². The molecule has 0 atom stereocenters. The molecule has 0 radical (unpaired) electrons. The number of rotatable bonds is 5. The lowest BCUT2D eigenvalue weighted by Gasteiger charge is -2.08. The summed E-state index contributed by atoms with van der Waals surface area (Å²) in [4.78, 5) is 8.79.